The zero-order valence-corrected chi connectivity index (χ0v) is 15.6. The summed E-state index contributed by atoms with van der Waals surface area (Å²) in [6.07, 6.45) is 3.40. The molecule has 0 atom stereocenters. The zero-order valence-electron chi connectivity index (χ0n) is 13.9. The Morgan fingerprint density at radius 1 is 1.25 bits per heavy atom. The van der Waals surface area contributed by atoms with Gasteiger partial charge in [-0.2, -0.15) is 0 Å². The van der Waals surface area contributed by atoms with Crippen LogP contribution in [0, 0.1) is 0 Å². The van der Waals surface area contributed by atoms with Gasteiger partial charge >= 0.3 is 5.97 Å². The molecule has 24 heavy (non-hydrogen) atoms. The predicted molar refractivity (Wildman–Crippen MR) is 105 cm³/mol. The van der Waals surface area contributed by atoms with Gasteiger partial charge in [0, 0.05) is 11.4 Å². The van der Waals surface area contributed by atoms with Crippen molar-refractivity contribution in [3.05, 3.63) is 42.0 Å². The average Bonchev–Trinajstić information content (AvgIpc) is 3.02. The number of methoxy groups -OCH3 is 1. The molecule has 0 aliphatic rings. The molecule has 4 nitrogen and oxygen atoms in total. The van der Waals surface area contributed by atoms with Crippen LogP contribution in [-0.2, 0) is 4.74 Å². The number of ether oxygens (including phenoxy) is 1. The number of carbonyl (C=O) groups is 1. The molecule has 2 N–H and O–H groups in total. The second kappa shape index (κ2) is 9.39. The van der Waals surface area contributed by atoms with E-state index in [0.29, 0.717) is 15.7 Å². The summed E-state index contributed by atoms with van der Waals surface area (Å²) >= 11 is 6.82. The first kappa shape index (κ1) is 18.4. The number of thiocarbonyl (C=S) groups is 1. The molecule has 0 saturated carbocycles. The monoisotopic (exact) mass is 362 g/mol. The lowest BCUT2D eigenvalue weighted by Crippen LogP contribution is -2.29. The van der Waals surface area contributed by atoms with Crippen molar-refractivity contribution in [2.45, 2.75) is 26.2 Å². The Hall–Kier alpha value is -1.92. The summed E-state index contributed by atoms with van der Waals surface area (Å²) in [4.78, 5) is 13.0. The first-order chi connectivity index (χ1) is 11.7. The second-order valence-electron chi connectivity index (χ2n) is 5.30. The smallest absolute Gasteiger partial charge is 0.340 e. The predicted octanol–water partition coefficient (Wildman–Crippen LogP) is 4.68. The number of hydrogen-bond acceptors (Lipinski definition) is 4. The van der Waals surface area contributed by atoms with Gasteiger partial charge in [0.25, 0.3) is 0 Å². The van der Waals surface area contributed by atoms with E-state index in [1.807, 2.05) is 36.4 Å². The molecule has 128 valence electrons. The van der Waals surface area contributed by atoms with Gasteiger partial charge in [-0.05, 0) is 30.3 Å². The Kier molecular flexibility index (Phi) is 7.21. The van der Waals surface area contributed by atoms with Crippen LogP contribution in [0.4, 0.5) is 5.00 Å². The molecule has 2 aromatic rings. The molecule has 0 spiro atoms. The van der Waals surface area contributed by atoms with Gasteiger partial charge in [-0.25, -0.2) is 4.79 Å². The number of unbranched alkanes of at least 4 members (excludes halogenated alkanes) is 2. The highest BCUT2D eigenvalue weighted by Crippen LogP contribution is 2.35. The van der Waals surface area contributed by atoms with Gasteiger partial charge in [0.05, 0.1) is 12.7 Å². The van der Waals surface area contributed by atoms with Gasteiger partial charge < -0.3 is 15.4 Å². The molecule has 0 unspecified atom stereocenters. The third kappa shape index (κ3) is 5.04. The van der Waals surface area contributed by atoms with E-state index in [9.17, 15) is 4.79 Å². The molecule has 6 heteroatoms. The summed E-state index contributed by atoms with van der Waals surface area (Å²) in [5, 5.41) is 7.53. The van der Waals surface area contributed by atoms with Crippen molar-refractivity contribution in [1.82, 2.24) is 5.32 Å². The van der Waals surface area contributed by atoms with Crippen molar-refractivity contribution in [3.63, 3.8) is 0 Å². The number of nitrogens with one attached hydrogen (secondary N) is 2. The van der Waals surface area contributed by atoms with E-state index >= 15 is 0 Å². The van der Waals surface area contributed by atoms with E-state index in [0.717, 1.165) is 23.4 Å². The molecular formula is C18H22N2O2S2. The Balaban J connectivity index is 2.14. The average molecular weight is 363 g/mol. The van der Waals surface area contributed by atoms with E-state index in [2.05, 4.69) is 17.6 Å². The van der Waals surface area contributed by atoms with E-state index in [1.54, 1.807) is 0 Å². The second-order valence-corrected chi connectivity index (χ2v) is 6.76. The molecule has 0 amide bonds. The molecule has 0 aliphatic carbocycles. The van der Waals surface area contributed by atoms with Crippen molar-refractivity contribution in [2.24, 2.45) is 0 Å². The number of thiophene rings is 1. The SMILES string of the molecule is CCCCCNC(=S)Nc1sc(-c2ccccc2)cc1C(=O)OC. The van der Waals surface area contributed by atoms with Gasteiger partial charge in [0.2, 0.25) is 0 Å². The minimum absolute atomic E-state index is 0.371. The van der Waals surface area contributed by atoms with Crippen LogP contribution in [0.15, 0.2) is 36.4 Å². The first-order valence-electron chi connectivity index (χ1n) is 7.98. The highest BCUT2D eigenvalue weighted by atomic mass is 32.1. The molecule has 0 saturated heterocycles. The maximum Gasteiger partial charge on any atom is 0.340 e. The van der Waals surface area contributed by atoms with Crippen LogP contribution >= 0.6 is 23.6 Å². The Morgan fingerprint density at radius 2 is 2.00 bits per heavy atom. The lowest BCUT2D eigenvalue weighted by atomic mass is 10.1. The number of esters is 1. The topological polar surface area (TPSA) is 50.4 Å². The summed E-state index contributed by atoms with van der Waals surface area (Å²) in [5.74, 6) is -0.371. The zero-order chi connectivity index (χ0) is 17.4. The lowest BCUT2D eigenvalue weighted by Gasteiger charge is -2.10. The van der Waals surface area contributed by atoms with Crippen LogP contribution in [0.3, 0.4) is 0 Å². The van der Waals surface area contributed by atoms with Crippen molar-refractivity contribution < 1.29 is 9.53 Å². The van der Waals surface area contributed by atoms with Crippen LogP contribution in [0.1, 0.15) is 36.5 Å². The Morgan fingerprint density at radius 3 is 2.67 bits per heavy atom. The van der Waals surface area contributed by atoms with Crippen molar-refractivity contribution in [3.8, 4) is 10.4 Å². The van der Waals surface area contributed by atoms with E-state index < -0.39 is 0 Å². The Bertz CT molecular complexity index is 684. The summed E-state index contributed by atoms with van der Waals surface area (Å²) in [5.41, 5.74) is 1.56. The standard InChI is InChI=1S/C18H22N2O2S2/c1-3-4-8-11-19-18(23)20-16-14(17(21)22-2)12-15(24-16)13-9-6-5-7-10-13/h5-7,9-10,12H,3-4,8,11H2,1-2H3,(H2,19,20,23). The van der Waals surface area contributed by atoms with Crippen LogP contribution in [-0.4, -0.2) is 24.7 Å². The fourth-order valence-electron chi connectivity index (χ4n) is 2.21. The van der Waals surface area contributed by atoms with Crippen LogP contribution in [0.5, 0.6) is 0 Å². The van der Waals surface area contributed by atoms with Gasteiger partial charge in [-0.1, -0.05) is 50.1 Å². The molecule has 2 rings (SSSR count). The maximum absolute atomic E-state index is 12.0. The van der Waals surface area contributed by atoms with E-state index in [4.69, 9.17) is 17.0 Å². The third-order valence-electron chi connectivity index (χ3n) is 3.49. The van der Waals surface area contributed by atoms with Gasteiger partial charge in [-0.15, -0.1) is 11.3 Å². The highest BCUT2D eigenvalue weighted by molar-refractivity contribution is 7.80. The van der Waals surface area contributed by atoms with Gasteiger partial charge in [0.1, 0.15) is 5.00 Å². The normalized spacial score (nSPS) is 10.2. The minimum Gasteiger partial charge on any atom is -0.465 e. The van der Waals surface area contributed by atoms with Crippen molar-refractivity contribution in [1.29, 1.82) is 0 Å². The number of rotatable bonds is 7. The molecule has 0 radical (unpaired) electrons. The van der Waals surface area contributed by atoms with Crippen molar-refractivity contribution in [2.75, 3.05) is 19.0 Å². The fraction of sp³-hybridized carbons (Fsp3) is 0.333. The maximum atomic E-state index is 12.0. The molecular weight excluding hydrogens is 340 g/mol. The molecule has 0 aliphatic heterocycles. The lowest BCUT2D eigenvalue weighted by molar-refractivity contribution is 0.0602. The molecule has 0 fully saturated rings. The summed E-state index contributed by atoms with van der Waals surface area (Å²) in [6.45, 7) is 2.99. The first-order valence-corrected chi connectivity index (χ1v) is 9.20. The quantitative estimate of drug-likeness (QED) is 0.425. The van der Waals surface area contributed by atoms with Crippen LogP contribution in [0.25, 0.3) is 10.4 Å². The minimum atomic E-state index is -0.371. The van der Waals surface area contributed by atoms with E-state index in [1.165, 1.54) is 31.3 Å². The molecule has 1 aromatic carbocycles. The number of anilines is 1. The summed E-state index contributed by atoms with van der Waals surface area (Å²) in [6, 6.07) is 11.8. The number of hydrogen-bond donors (Lipinski definition) is 2. The van der Waals surface area contributed by atoms with Gasteiger partial charge in [-0.3, -0.25) is 0 Å². The van der Waals surface area contributed by atoms with Crippen LogP contribution < -0.4 is 10.6 Å². The highest BCUT2D eigenvalue weighted by Gasteiger charge is 2.18. The largest absolute Gasteiger partial charge is 0.465 e. The molecule has 1 heterocycles. The number of carbonyl (C=O) groups excluding carboxylic acids is 1. The number of benzene rings is 1. The third-order valence-corrected chi connectivity index (χ3v) is 4.83. The molecule has 1 aromatic heterocycles. The molecule has 0 bridgehead atoms. The summed E-state index contributed by atoms with van der Waals surface area (Å²) < 4.78 is 4.88. The fourth-order valence-corrected chi connectivity index (χ4v) is 3.54. The Labute approximate surface area is 152 Å². The van der Waals surface area contributed by atoms with Gasteiger partial charge in [0.15, 0.2) is 5.11 Å². The van der Waals surface area contributed by atoms with Crippen molar-refractivity contribution >= 4 is 39.6 Å². The summed E-state index contributed by atoms with van der Waals surface area (Å²) in [7, 11) is 1.38. The van der Waals surface area contributed by atoms with E-state index in [-0.39, 0.29) is 5.97 Å². The van der Waals surface area contributed by atoms with Crippen LogP contribution in [0.2, 0.25) is 0 Å².